The molecule has 1 fully saturated rings. The van der Waals surface area contributed by atoms with Crippen LogP contribution in [0.25, 0.3) is 0 Å². The van der Waals surface area contributed by atoms with Crippen LogP contribution in [-0.4, -0.2) is 18.2 Å². The molecule has 0 aromatic carbocycles. The molecular formula is C11H11BrF3NO. The van der Waals surface area contributed by atoms with Gasteiger partial charge in [0.2, 0.25) is 0 Å². The Morgan fingerprint density at radius 1 is 1.24 bits per heavy atom. The second kappa shape index (κ2) is 4.94. The van der Waals surface area contributed by atoms with Crippen molar-refractivity contribution in [3.63, 3.8) is 0 Å². The maximum atomic E-state index is 12.7. The fraction of sp³-hybridized carbons (Fsp3) is 0.545. The van der Waals surface area contributed by atoms with E-state index in [-0.39, 0.29) is 10.4 Å². The van der Waals surface area contributed by atoms with E-state index in [1.54, 1.807) is 6.07 Å². The van der Waals surface area contributed by atoms with Gasteiger partial charge in [0.15, 0.2) is 5.69 Å². The SMILES string of the molecule is FC(F)(F)c1nc(C2CCOCC2)ccc1Br. The first kappa shape index (κ1) is 12.8. The predicted octanol–water partition coefficient (Wildman–Crippen LogP) is 3.76. The highest BCUT2D eigenvalue weighted by molar-refractivity contribution is 9.10. The lowest BCUT2D eigenvalue weighted by Gasteiger charge is -2.22. The number of hydrogen-bond donors (Lipinski definition) is 0. The summed E-state index contributed by atoms with van der Waals surface area (Å²) in [6.07, 6.45) is -2.96. The van der Waals surface area contributed by atoms with E-state index in [2.05, 4.69) is 20.9 Å². The van der Waals surface area contributed by atoms with E-state index in [1.165, 1.54) is 6.07 Å². The molecular weight excluding hydrogens is 299 g/mol. The molecule has 1 aliphatic heterocycles. The summed E-state index contributed by atoms with van der Waals surface area (Å²) >= 11 is 2.88. The van der Waals surface area contributed by atoms with Gasteiger partial charge in [-0.25, -0.2) is 4.98 Å². The van der Waals surface area contributed by atoms with E-state index in [4.69, 9.17) is 4.74 Å². The molecule has 0 N–H and O–H groups in total. The number of nitrogens with zero attached hydrogens (tertiary/aromatic N) is 1. The van der Waals surface area contributed by atoms with E-state index >= 15 is 0 Å². The average Bonchev–Trinajstić information content (AvgIpc) is 2.29. The number of pyridine rings is 1. The molecule has 6 heteroatoms. The lowest BCUT2D eigenvalue weighted by Crippen LogP contribution is -2.17. The fourth-order valence-electron chi connectivity index (χ4n) is 1.88. The van der Waals surface area contributed by atoms with Gasteiger partial charge in [-0.15, -0.1) is 0 Å². The van der Waals surface area contributed by atoms with Crippen molar-refractivity contribution in [3.05, 3.63) is 28.0 Å². The molecule has 2 rings (SSSR count). The van der Waals surface area contributed by atoms with Gasteiger partial charge >= 0.3 is 6.18 Å². The molecule has 0 radical (unpaired) electrons. The Kier molecular flexibility index (Phi) is 3.73. The van der Waals surface area contributed by atoms with Gasteiger partial charge in [-0.3, -0.25) is 0 Å². The third kappa shape index (κ3) is 2.98. The Hall–Kier alpha value is -0.620. The predicted molar refractivity (Wildman–Crippen MR) is 59.7 cm³/mol. The van der Waals surface area contributed by atoms with Crippen LogP contribution in [0.3, 0.4) is 0 Å². The molecule has 2 nitrogen and oxygen atoms in total. The number of ether oxygens (including phenoxy) is 1. The maximum absolute atomic E-state index is 12.7. The van der Waals surface area contributed by atoms with E-state index in [0.717, 1.165) is 12.8 Å². The highest BCUT2D eigenvalue weighted by Gasteiger charge is 2.35. The normalized spacial score (nSPS) is 18.4. The third-order valence-corrected chi connectivity index (χ3v) is 3.42. The molecule has 94 valence electrons. The quantitative estimate of drug-likeness (QED) is 0.788. The molecule has 0 bridgehead atoms. The molecule has 2 heterocycles. The minimum absolute atomic E-state index is 0.0131. The van der Waals surface area contributed by atoms with Crippen LogP contribution in [0.1, 0.15) is 30.1 Å². The van der Waals surface area contributed by atoms with Gasteiger partial charge in [0.1, 0.15) is 0 Å². The van der Waals surface area contributed by atoms with E-state index < -0.39 is 11.9 Å². The van der Waals surface area contributed by atoms with Gasteiger partial charge in [0.05, 0.1) is 0 Å². The standard InChI is InChI=1S/C11H11BrF3NO/c12-8-1-2-9(7-3-5-17-6-4-7)16-10(8)11(13,14)15/h1-2,7H,3-6H2. The Bertz CT molecular complexity index is 402. The molecule has 1 aromatic rings. The van der Waals surface area contributed by atoms with Crippen molar-refractivity contribution in [2.24, 2.45) is 0 Å². The Balaban J connectivity index is 2.30. The molecule has 0 spiro atoms. The van der Waals surface area contributed by atoms with Crippen LogP contribution in [0.4, 0.5) is 13.2 Å². The summed E-state index contributed by atoms with van der Waals surface area (Å²) in [6.45, 7) is 1.17. The average molecular weight is 310 g/mol. The van der Waals surface area contributed by atoms with Gasteiger partial charge in [-0.2, -0.15) is 13.2 Å². The molecule has 0 aliphatic carbocycles. The van der Waals surface area contributed by atoms with E-state index in [9.17, 15) is 13.2 Å². The lowest BCUT2D eigenvalue weighted by molar-refractivity contribution is -0.142. The summed E-state index contributed by atoms with van der Waals surface area (Å²) in [5, 5.41) is 0. The first-order chi connectivity index (χ1) is 7.98. The van der Waals surface area contributed by atoms with Crippen LogP contribution < -0.4 is 0 Å². The first-order valence-electron chi connectivity index (χ1n) is 5.30. The molecule has 1 aliphatic rings. The summed E-state index contributed by atoms with van der Waals surface area (Å²) in [7, 11) is 0. The smallest absolute Gasteiger partial charge is 0.381 e. The monoisotopic (exact) mass is 309 g/mol. The Morgan fingerprint density at radius 2 is 1.88 bits per heavy atom. The molecule has 1 saturated heterocycles. The number of rotatable bonds is 1. The van der Waals surface area contributed by atoms with Crippen molar-refractivity contribution < 1.29 is 17.9 Å². The molecule has 0 amide bonds. The van der Waals surface area contributed by atoms with Gasteiger partial charge < -0.3 is 4.74 Å². The van der Waals surface area contributed by atoms with Crippen LogP contribution in [0.15, 0.2) is 16.6 Å². The van der Waals surface area contributed by atoms with Crippen LogP contribution in [0, 0.1) is 0 Å². The van der Waals surface area contributed by atoms with Gasteiger partial charge in [0.25, 0.3) is 0 Å². The summed E-state index contributed by atoms with van der Waals surface area (Å²) < 4.78 is 43.2. The van der Waals surface area contributed by atoms with Gasteiger partial charge in [-0.1, -0.05) is 0 Å². The van der Waals surface area contributed by atoms with Crippen molar-refractivity contribution in [3.8, 4) is 0 Å². The zero-order chi connectivity index (χ0) is 12.5. The molecule has 17 heavy (non-hydrogen) atoms. The zero-order valence-electron chi connectivity index (χ0n) is 8.93. The molecule has 0 saturated carbocycles. The third-order valence-electron chi connectivity index (χ3n) is 2.78. The van der Waals surface area contributed by atoms with Crippen molar-refractivity contribution in [1.82, 2.24) is 4.98 Å². The largest absolute Gasteiger partial charge is 0.434 e. The molecule has 1 aromatic heterocycles. The van der Waals surface area contributed by atoms with Gasteiger partial charge in [-0.05, 0) is 40.9 Å². The van der Waals surface area contributed by atoms with E-state index in [1.807, 2.05) is 0 Å². The number of hydrogen-bond acceptors (Lipinski definition) is 2. The molecule has 0 unspecified atom stereocenters. The number of alkyl halides is 3. The maximum Gasteiger partial charge on any atom is 0.434 e. The minimum atomic E-state index is -4.42. The second-order valence-electron chi connectivity index (χ2n) is 3.95. The second-order valence-corrected chi connectivity index (χ2v) is 4.81. The Morgan fingerprint density at radius 3 is 2.47 bits per heavy atom. The molecule has 0 atom stereocenters. The zero-order valence-corrected chi connectivity index (χ0v) is 10.5. The van der Waals surface area contributed by atoms with Crippen LogP contribution in [0.2, 0.25) is 0 Å². The summed E-state index contributed by atoms with van der Waals surface area (Å²) in [6, 6.07) is 3.07. The highest BCUT2D eigenvalue weighted by Crippen LogP contribution is 2.35. The first-order valence-corrected chi connectivity index (χ1v) is 6.09. The summed E-state index contributed by atoms with van der Waals surface area (Å²) in [5.74, 6) is 0.0675. The lowest BCUT2D eigenvalue weighted by atomic mass is 9.96. The van der Waals surface area contributed by atoms with Gasteiger partial charge in [0, 0.05) is 29.3 Å². The van der Waals surface area contributed by atoms with Crippen molar-refractivity contribution >= 4 is 15.9 Å². The number of aromatic nitrogens is 1. The summed E-state index contributed by atoms with van der Waals surface area (Å²) in [5.41, 5.74) is -0.342. The van der Waals surface area contributed by atoms with E-state index in [0.29, 0.717) is 18.9 Å². The van der Waals surface area contributed by atoms with Crippen LogP contribution >= 0.6 is 15.9 Å². The summed E-state index contributed by atoms with van der Waals surface area (Å²) in [4.78, 5) is 3.74. The van der Waals surface area contributed by atoms with Crippen molar-refractivity contribution in [2.75, 3.05) is 13.2 Å². The minimum Gasteiger partial charge on any atom is -0.381 e. The topological polar surface area (TPSA) is 22.1 Å². The van der Waals surface area contributed by atoms with Crippen molar-refractivity contribution in [1.29, 1.82) is 0 Å². The highest BCUT2D eigenvalue weighted by atomic mass is 79.9. The van der Waals surface area contributed by atoms with Crippen LogP contribution in [0.5, 0.6) is 0 Å². The van der Waals surface area contributed by atoms with Crippen molar-refractivity contribution in [2.45, 2.75) is 24.9 Å². The fourth-order valence-corrected chi connectivity index (χ4v) is 2.32. The Labute approximate surface area is 105 Å². The van der Waals surface area contributed by atoms with Crippen LogP contribution in [-0.2, 0) is 10.9 Å². The number of halogens is 4.